The molecule has 29 heavy (non-hydrogen) atoms. The molecule has 0 bridgehead atoms. The number of hydrogen-bond acceptors (Lipinski definition) is 4. The zero-order chi connectivity index (χ0) is 20.4. The van der Waals surface area contributed by atoms with Crippen molar-refractivity contribution in [2.24, 2.45) is 0 Å². The van der Waals surface area contributed by atoms with Crippen LogP contribution in [0.4, 0.5) is 4.39 Å². The lowest BCUT2D eigenvalue weighted by atomic mass is 9.97. The van der Waals surface area contributed by atoms with Gasteiger partial charge in [-0.25, -0.2) is 9.37 Å². The van der Waals surface area contributed by atoms with Gasteiger partial charge in [-0.15, -0.1) is 0 Å². The van der Waals surface area contributed by atoms with Crippen LogP contribution in [0.2, 0.25) is 0 Å². The lowest BCUT2D eigenvalue weighted by molar-refractivity contribution is 0.0691. The van der Waals surface area contributed by atoms with E-state index in [-0.39, 0.29) is 17.6 Å². The zero-order valence-electron chi connectivity index (χ0n) is 16.7. The lowest BCUT2D eigenvalue weighted by Crippen LogP contribution is -2.39. The number of aromatic amines is 1. The van der Waals surface area contributed by atoms with Gasteiger partial charge in [0.15, 0.2) is 11.6 Å². The number of hydrogen-bond donors (Lipinski definition) is 1. The number of carbonyl (C=O) groups excluding carboxylic acids is 1. The van der Waals surface area contributed by atoms with Crippen molar-refractivity contribution in [1.82, 2.24) is 20.1 Å². The molecule has 1 fully saturated rings. The van der Waals surface area contributed by atoms with E-state index in [4.69, 9.17) is 4.42 Å². The van der Waals surface area contributed by atoms with Crippen LogP contribution in [0.5, 0.6) is 0 Å². The van der Waals surface area contributed by atoms with Crippen LogP contribution in [-0.2, 0) is 12.8 Å². The molecule has 1 aliphatic rings. The molecule has 152 valence electrons. The maximum absolute atomic E-state index is 13.1. The SMILES string of the molecule is CCc1[nH]nc(C(=O)N2CCC[C@H](c3ncc(Cc4ccc(F)cc4)o3)C2)c1C. The van der Waals surface area contributed by atoms with E-state index in [2.05, 4.69) is 15.2 Å². The lowest BCUT2D eigenvalue weighted by Gasteiger charge is -2.31. The number of nitrogens with zero attached hydrogens (tertiary/aromatic N) is 3. The van der Waals surface area contributed by atoms with Crippen LogP contribution in [0.25, 0.3) is 0 Å². The van der Waals surface area contributed by atoms with Gasteiger partial charge < -0.3 is 9.32 Å². The summed E-state index contributed by atoms with van der Waals surface area (Å²) in [6.07, 6.45) is 4.94. The normalized spacial score (nSPS) is 16.9. The van der Waals surface area contributed by atoms with Crippen molar-refractivity contribution in [2.45, 2.75) is 45.4 Å². The quantitative estimate of drug-likeness (QED) is 0.707. The Bertz CT molecular complexity index is 993. The highest BCUT2D eigenvalue weighted by Gasteiger charge is 2.30. The number of carbonyl (C=O) groups is 1. The number of piperidine rings is 1. The van der Waals surface area contributed by atoms with Gasteiger partial charge in [-0.05, 0) is 43.9 Å². The van der Waals surface area contributed by atoms with Gasteiger partial charge in [0, 0.05) is 30.8 Å². The number of amides is 1. The van der Waals surface area contributed by atoms with Gasteiger partial charge in [0.2, 0.25) is 0 Å². The van der Waals surface area contributed by atoms with E-state index in [1.165, 1.54) is 12.1 Å². The second-order valence-electron chi connectivity index (χ2n) is 7.59. The maximum Gasteiger partial charge on any atom is 0.274 e. The maximum atomic E-state index is 13.1. The Balaban J connectivity index is 1.44. The van der Waals surface area contributed by atoms with Crippen LogP contribution in [0.15, 0.2) is 34.9 Å². The van der Waals surface area contributed by atoms with E-state index in [9.17, 15) is 9.18 Å². The van der Waals surface area contributed by atoms with Crippen LogP contribution >= 0.6 is 0 Å². The van der Waals surface area contributed by atoms with Gasteiger partial charge in [-0.1, -0.05) is 19.1 Å². The molecule has 1 amide bonds. The van der Waals surface area contributed by atoms with Gasteiger partial charge >= 0.3 is 0 Å². The number of benzene rings is 1. The zero-order valence-corrected chi connectivity index (χ0v) is 16.7. The second kappa shape index (κ2) is 8.19. The van der Waals surface area contributed by atoms with E-state index in [1.807, 2.05) is 18.7 Å². The summed E-state index contributed by atoms with van der Waals surface area (Å²) in [5, 5.41) is 7.20. The Morgan fingerprint density at radius 2 is 2.14 bits per heavy atom. The first-order chi connectivity index (χ1) is 14.0. The smallest absolute Gasteiger partial charge is 0.274 e. The van der Waals surface area contributed by atoms with E-state index in [0.29, 0.717) is 31.1 Å². The average molecular weight is 396 g/mol. The predicted octanol–water partition coefficient (Wildman–Crippen LogP) is 4.02. The highest BCUT2D eigenvalue weighted by atomic mass is 19.1. The summed E-state index contributed by atoms with van der Waals surface area (Å²) in [5.74, 6) is 1.18. The van der Waals surface area contributed by atoms with Crippen LogP contribution in [0, 0.1) is 12.7 Å². The van der Waals surface area contributed by atoms with E-state index in [0.717, 1.165) is 41.8 Å². The minimum Gasteiger partial charge on any atom is -0.445 e. The standard InChI is InChI=1S/C22H25FN4O2/c1-3-19-14(2)20(26-25-19)22(28)27-10-4-5-16(13-27)21-24-12-18(29-21)11-15-6-8-17(23)9-7-15/h6-9,12,16H,3-5,10-11,13H2,1-2H3,(H,25,26)/t16-/m0/s1. The molecule has 1 saturated heterocycles. The molecule has 2 aromatic heterocycles. The number of rotatable bonds is 5. The Hall–Kier alpha value is -2.96. The highest BCUT2D eigenvalue weighted by molar-refractivity contribution is 5.94. The molecule has 3 heterocycles. The van der Waals surface area contributed by atoms with Crippen molar-refractivity contribution in [3.05, 3.63) is 70.4 Å². The largest absolute Gasteiger partial charge is 0.445 e. The average Bonchev–Trinajstić information content (AvgIpc) is 3.36. The molecule has 1 aromatic carbocycles. The van der Waals surface area contributed by atoms with Crippen LogP contribution in [0.3, 0.4) is 0 Å². The number of halogens is 1. The molecule has 6 nitrogen and oxygen atoms in total. The molecule has 3 aromatic rings. The van der Waals surface area contributed by atoms with Crippen molar-refractivity contribution in [1.29, 1.82) is 0 Å². The Morgan fingerprint density at radius 3 is 2.86 bits per heavy atom. The van der Waals surface area contributed by atoms with Crippen LogP contribution in [0.1, 0.15) is 64.6 Å². The Labute approximate surface area is 169 Å². The molecule has 0 unspecified atom stereocenters. The number of nitrogens with one attached hydrogen (secondary N) is 1. The summed E-state index contributed by atoms with van der Waals surface area (Å²) in [5.41, 5.74) is 3.40. The third-order valence-electron chi connectivity index (χ3n) is 5.59. The Kier molecular flexibility index (Phi) is 5.47. The number of likely N-dealkylation sites (tertiary alicyclic amines) is 1. The second-order valence-corrected chi connectivity index (χ2v) is 7.59. The number of aryl methyl sites for hydroxylation is 1. The van der Waals surface area contributed by atoms with Gasteiger partial charge in [0.05, 0.1) is 12.1 Å². The predicted molar refractivity (Wildman–Crippen MR) is 106 cm³/mol. The summed E-state index contributed by atoms with van der Waals surface area (Å²) in [6, 6.07) is 6.38. The molecule has 0 saturated carbocycles. The van der Waals surface area contributed by atoms with E-state index >= 15 is 0 Å². The number of aromatic nitrogens is 3. The van der Waals surface area contributed by atoms with Gasteiger partial charge in [0.25, 0.3) is 5.91 Å². The van der Waals surface area contributed by atoms with Crippen molar-refractivity contribution in [2.75, 3.05) is 13.1 Å². The summed E-state index contributed by atoms with van der Waals surface area (Å²) in [4.78, 5) is 19.3. The fourth-order valence-electron chi connectivity index (χ4n) is 3.90. The number of H-pyrrole nitrogens is 1. The van der Waals surface area contributed by atoms with Gasteiger partial charge in [0.1, 0.15) is 11.6 Å². The molecule has 4 rings (SSSR count). The molecule has 1 atom stereocenters. The summed E-state index contributed by atoms with van der Waals surface area (Å²) in [7, 11) is 0. The summed E-state index contributed by atoms with van der Waals surface area (Å²) < 4.78 is 19.0. The minimum atomic E-state index is -0.253. The van der Waals surface area contributed by atoms with Crippen LogP contribution < -0.4 is 0 Å². The topological polar surface area (TPSA) is 75.0 Å². The first kappa shape index (κ1) is 19.4. The molecular weight excluding hydrogens is 371 g/mol. The molecule has 7 heteroatoms. The highest BCUT2D eigenvalue weighted by Crippen LogP contribution is 2.28. The van der Waals surface area contributed by atoms with Crippen molar-refractivity contribution >= 4 is 5.91 Å². The summed E-state index contributed by atoms with van der Waals surface area (Å²) >= 11 is 0. The molecular formula is C22H25FN4O2. The van der Waals surface area contributed by atoms with E-state index < -0.39 is 0 Å². The minimum absolute atomic E-state index is 0.0405. The first-order valence-corrected chi connectivity index (χ1v) is 10.1. The Morgan fingerprint density at radius 1 is 1.34 bits per heavy atom. The van der Waals surface area contributed by atoms with Crippen LogP contribution in [-0.4, -0.2) is 39.1 Å². The first-order valence-electron chi connectivity index (χ1n) is 10.1. The van der Waals surface area contributed by atoms with E-state index in [1.54, 1.807) is 18.3 Å². The van der Waals surface area contributed by atoms with Crippen molar-refractivity contribution in [3.63, 3.8) is 0 Å². The van der Waals surface area contributed by atoms with Gasteiger partial charge in [-0.3, -0.25) is 9.89 Å². The molecule has 0 radical (unpaired) electrons. The third-order valence-corrected chi connectivity index (χ3v) is 5.59. The van der Waals surface area contributed by atoms with Crippen molar-refractivity contribution < 1.29 is 13.6 Å². The monoisotopic (exact) mass is 396 g/mol. The fraction of sp³-hybridized carbons (Fsp3) is 0.409. The summed E-state index contributed by atoms with van der Waals surface area (Å²) in [6.45, 7) is 5.26. The van der Waals surface area contributed by atoms with Gasteiger partial charge in [-0.2, -0.15) is 5.10 Å². The van der Waals surface area contributed by atoms with Crippen molar-refractivity contribution in [3.8, 4) is 0 Å². The third kappa shape index (κ3) is 4.09. The molecule has 1 aliphatic heterocycles. The number of oxazole rings is 1. The fourth-order valence-corrected chi connectivity index (χ4v) is 3.90. The molecule has 0 spiro atoms. The molecule has 0 aliphatic carbocycles. The molecule has 1 N–H and O–H groups in total.